The van der Waals surface area contributed by atoms with Crippen molar-refractivity contribution in [1.29, 1.82) is 0 Å². The van der Waals surface area contributed by atoms with Crippen LogP contribution in [0.2, 0.25) is 0 Å². The Labute approximate surface area is 165 Å². The minimum absolute atomic E-state index is 0.0279. The Morgan fingerprint density at radius 3 is 2.32 bits per heavy atom. The molecule has 1 saturated carbocycles. The molecule has 3 aliphatic rings. The van der Waals surface area contributed by atoms with Crippen molar-refractivity contribution in [2.45, 2.75) is 18.4 Å². The number of nitrogens with zero attached hydrogens (tertiary/aromatic N) is 2. The Balaban J connectivity index is 1.22. The molecule has 0 radical (unpaired) electrons. The second kappa shape index (κ2) is 6.93. The molecule has 146 valence electrons. The second-order valence-electron chi connectivity index (χ2n) is 7.68. The summed E-state index contributed by atoms with van der Waals surface area (Å²) in [5.41, 5.74) is 2.06. The third kappa shape index (κ3) is 3.23. The number of hydrogen-bond donors (Lipinski definition) is 1. The lowest BCUT2D eigenvalue weighted by Crippen LogP contribution is -2.53. The highest BCUT2D eigenvalue weighted by atomic mass is 16.6. The molecule has 28 heavy (non-hydrogen) atoms. The number of carbonyl (C=O) groups is 1. The van der Waals surface area contributed by atoms with E-state index in [2.05, 4.69) is 34.5 Å². The lowest BCUT2D eigenvalue weighted by molar-refractivity contribution is 0.171. The van der Waals surface area contributed by atoms with E-state index in [9.17, 15) is 4.79 Å². The molecule has 2 heterocycles. The molecule has 6 heteroatoms. The maximum Gasteiger partial charge on any atom is 0.318 e. The van der Waals surface area contributed by atoms with Crippen molar-refractivity contribution >= 4 is 11.7 Å². The van der Waals surface area contributed by atoms with Crippen LogP contribution in [0.25, 0.3) is 0 Å². The van der Waals surface area contributed by atoms with E-state index in [-0.39, 0.29) is 11.6 Å². The van der Waals surface area contributed by atoms with Crippen molar-refractivity contribution in [1.82, 2.24) is 10.2 Å². The number of para-hydroxylation sites is 1. The van der Waals surface area contributed by atoms with Crippen LogP contribution in [0, 0.1) is 0 Å². The zero-order valence-electron chi connectivity index (χ0n) is 15.9. The normalized spacial score (nSPS) is 19.9. The summed E-state index contributed by atoms with van der Waals surface area (Å²) in [7, 11) is 0. The van der Waals surface area contributed by atoms with Crippen LogP contribution in [0.3, 0.4) is 0 Å². The van der Waals surface area contributed by atoms with Gasteiger partial charge in [0.15, 0.2) is 11.5 Å². The van der Waals surface area contributed by atoms with Gasteiger partial charge in [-0.3, -0.25) is 0 Å². The van der Waals surface area contributed by atoms with Crippen LogP contribution in [0.5, 0.6) is 11.5 Å². The maximum atomic E-state index is 12.9. The third-order valence-electron chi connectivity index (χ3n) is 5.88. The van der Waals surface area contributed by atoms with Crippen LogP contribution in [0.15, 0.2) is 48.5 Å². The molecule has 2 aliphatic heterocycles. The molecule has 0 unspecified atom stereocenters. The van der Waals surface area contributed by atoms with Crippen LogP contribution in [0.4, 0.5) is 10.5 Å². The molecule has 1 aliphatic carbocycles. The van der Waals surface area contributed by atoms with Gasteiger partial charge in [0.1, 0.15) is 13.2 Å². The fraction of sp³-hybridized carbons (Fsp3) is 0.409. The topological polar surface area (TPSA) is 54.0 Å². The van der Waals surface area contributed by atoms with Crippen LogP contribution in [-0.4, -0.2) is 50.3 Å². The number of ether oxygens (including phenoxy) is 2. The van der Waals surface area contributed by atoms with E-state index in [1.165, 1.54) is 5.69 Å². The van der Waals surface area contributed by atoms with Crippen molar-refractivity contribution in [3.8, 4) is 11.5 Å². The quantitative estimate of drug-likeness (QED) is 0.891. The first-order valence-corrected chi connectivity index (χ1v) is 10.0. The Kier molecular flexibility index (Phi) is 4.26. The van der Waals surface area contributed by atoms with E-state index in [1.807, 2.05) is 29.2 Å². The van der Waals surface area contributed by atoms with Gasteiger partial charge in [-0.05, 0) is 42.7 Å². The first-order valence-electron chi connectivity index (χ1n) is 10.0. The molecule has 2 aromatic rings. The summed E-state index contributed by atoms with van der Waals surface area (Å²) >= 11 is 0. The largest absolute Gasteiger partial charge is 0.486 e. The van der Waals surface area contributed by atoms with Gasteiger partial charge < -0.3 is 24.6 Å². The van der Waals surface area contributed by atoms with E-state index in [1.54, 1.807) is 0 Å². The fourth-order valence-corrected chi connectivity index (χ4v) is 4.04. The van der Waals surface area contributed by atoms with Crippen LogP contribution in [-0.2, 0) is 5.54 Å². The van der Waals surface area contributed by atoms with Gasteiger partial charge in [0.2, 0.25) is 0 Å². The average molecular weight is 379 g/mol. The summed E-state index contributed by atoms with van der Waals surface area (Å²) in [5, 5.41) is 3.29. The first kappa shape index (κ1) is 17.2. The molecule has 2 fully saturated rings. The van der Waals surface area contributed by atoms with Crippen molar-refractivity contribution < 1.29 is 14.3 Å². The number of carbonyl (C=O) groups excluding carboxylic acids is 1. The summed E-state index contributed by atoms with van der Waals surface area (Å²) in [6.07, 6.45) is 1.92. The molecule has 0 spiro atoms. The highest BCUT2D eigenvalue weighted by Gasteiger charge is 2.47. The molecule has 1 saturated heterocycles. The molecule has 1 N–H and O–H groups in total. The smallest absolute Gasteiger partial charge is 0.318 e. The zero-order valence-corrected chi connectivity index (χ0v) is 15.9. The predicted octanol–water partition coefficient (Wildman–Crippen LogP) is 2.98. The molecule has 6 nitrogen and oxygen atoms in total. The van der Waals surface area contributed by atoms with Crippen molar-refractivity contribution in [2.24, 2.45) is 0 Å². The molecule has 2 amide bonds. The summed E-state index contributed by atoms with van der Waals surface area (Å²) in [6.45, 7) is 4.34. The summed E-state index contributed by atoms with van der Waals surface area (Å²) in [6, 6.07) is 16.4. The van der Waals surface area contributed by atoms with Gasteiger partial charge >= 0.3 is 6.03 Å². The molecule has 0 atom stereocenters. The van der Waals surface area contributed by atoms with E-state index < -0.39 is 0 Å². The number of fused-ring (bicyclic) bond motifs is 1. The minimum atomic E-state index is -0.260. The highest BCUT2D eigenvalue weighted by molar-refractivity contribution is 5.76. The monoisotopic (exact) mass is 379 g/mol. The number of piperazine rings is 1. The molecule has 2 aromatic carbocycles. The Morgan fingerprint density at radius 1 is 0.893 bits per heavy atom. The lowest BCUT2D eigenvalue weighted by Gasteiger charge is -2.37. The van der Waals surface area contributed by atoms with E-state index in [0.29, 0.717) is 13.2 Å². The molecule has 0 bridgehead atoms. The summed E-state index contributed by atoms with van der Waals surface area (Å²) < 4.78 is 11.3. The van der Waals surface area contributed by atoms with Gasteiger partial charge in [0.05, 0.1) is 5.54 Å². The van der Waals surface area contributed by atoms with Gasteiger partial charge in [-0.15, -0.1) is 0 Å². The Bertz CT molecular complexity index is 859. The van der Waals surface area contributed by atoms with Gasteiger partial charge in [-0.2, -0.15) is 0 Å². The average Bonchev–Trinajstić information content (AvgIpc) is 3.55. The van der Waals surface area contributed by atoms with Gasteiger partial charge in [0.25, 0.3) is 0 Å². The maximum absolute atomic E-state index is 12.9. The molecule has 5 rings (SSSR count). The first-order chi connectivity index (χ1) is 13.7. The van der Waals surface area contributed by atoms with Crippen LogP contribution >= 0.6 is 0 Å². The summed E-state index contributed by atoms with van der Waals surface area (Å²) in [4.78, 5) is 17.2. The van der Waals surface area contributed by atoms with E-state index in [4.69, 9.17) is 9.47 Å². The number of amides is 2. The van der Waals surface area contributed by atoms with Crippen molar-refractivity contribution in [3.05, 3.63) is 54.1 Å². The van der Waals surface area contributed by atoms with Crippen LogP contribution in [0.1, 0.15) is 18.4 Å². The zero-order chi connectivity index (χ0) is 19.0. The molecular formula is C22H25N3O3. The van der Waals surface area contributed by atoms with Crippen LogP contribution < -0.4 is 19.7 Å². The lowest BCUT2D eigenvalue weighted by atomic mass is 10.0. The second-order valence-corrected chi connectivity index (χ2v) is 7.68. The van der Waals surface area contributed by atoms with E-state index >= 15 is 0 Å². The SMILES string of the molecule is O=C(NC1(c2ccc3c(c2)OCCO3)CC1)N1CCN(c2ccccc2)CC1. The summed E-state index contributed by atoms with van der Waals surface area (Å²) in [5.74, 6) is 1.56. The minimum Gasteiger partial charge on any atom is -0.486 e. The third-order valence-corrected chi connectivity index (χ3v) is 5.88. The number of anilines is 1. The number of rotatable bonds is 3. The van der Waals surface area contributed by atoms with Gasteiger partial charge in [-0.25, -0.2) is 4.79 Å². The number of hydrogen-bond acceptors (Lipinski definition) is 4. The Hall–Kier alpha value is -2.89. The van der Waals surface area contributed by atoms with Gasteiger partial charge in [-0.1, -0.05) is 24.3 Å². The molecular weight excluding hydrogens is 354 g/mol. The predicted molar refractivity (Wildman–Crippen MR) is 107 cm³/mol. The van der Waals surface area contributed by atoms with E-state index in [0.717, 1.165) is 56.1 Å². The molecule has 0 aromatic heterocycles. The van der Waals surface area contributed by atoms with Crippen molar-refractivity contribution in [2.75, 3.05) is 44.3 Å². The highest BCUT2D eigenvalue weighted by Crippen LogP contribution is 2.48. The van der Waals surface area contributed by atoms with Gasteiger partial charge in [0, 0.05) is 31.9 Å². The fourth-order valence-electron chi connectivity index (χ4n) is 4.04. The Morgan fingerprint density at radius 2 is 1.61 bits per heavy atom. The number of benzene rings is 2. The number of urea groups is 1. The standard InChI is InChI=1S/C22H25N3O3/c26-21(25-12-10-24(11-13-25)18-4-2-1-3-5-18)23-22(8-9-22)17-6-7-19-20(16-17)28-15-14-27-19/h1-7,16H,8-15H2,(H,23,26). The number of nitrogens with one attached hydrogen (secondary N) is 1. The van der Waals surface area contributed by atoms with Crippen molar-refractivity contribution in [3.63, 3.8) is 0 Å².